The summed E-state index contributed by atoms with van der Waals surface area (Å²) in [4.78, 5) is 6.53. The third-order valence-corrected chi connectivity index (χ3v) is 3.28. The van der Waals surface area contributed by atoms with Crippen molar-refractivity contribution in [3.05, 3.63) is 12.2 Å². The monoisotopic (exact) mass is 238 g/mol. The average Bonchev–Trinajstić information content (AvgIpc) is 2.98. The van der Waals surface area contributed by atoms with Crippen molar-refractivity contribution in [2.45, 2.75) is 26.2 Å². The minimum absolute atomic E-state index is 0.748. The molecule has 17 heavy (non-hydrogen) atoms. The van der Waals surface area contributed by atoms with Gasteiger partial charge in [-0.15, -0.1) is 0 Å². The molecule has 1 atom stereocenters. The van der Waals surface area contributed by atoms with E-state index >= 15 is 0 Å². The molecule has 1 aromatic heterocycles. The van der Waals surface area contributed by atoms with Gasteiger partial charge in [-0.25, -0.2) is 0 Å². The second-order valence-electron chi connectivity index (χ2n) is 4.74. The molecule has 5 heteroatoms. The van der Waals surface area contributed by atoms with Gasteiger partial charge in [0.15, 0.2) is 6.33 Å². The molecule has 0 aromatic carbocycles. The zero-order valence-electron chi connectivity index (χ0n) is 10.6. The van der Waals surface area contributed by atoms with Crippen molar-refractivity contribution in [1.82, 2.24) is 20.4 Å². The van der Waals surface area contributed by atoms with E-state index in [1.54, 1.807) is 0 Å². The minimum atomic E-state index is 0.748. The highest BCUT2D eigenvalue weighted by Gasteiger charge is 2.21. The number of aromatic nitrogens is 2. The first kappa shape index (κ1) is 12.5. The summed E-state index contributed by atoms with van der Waals surface area (Å²) in [5.74, 6) is 1.56. The van der Waals surface area contributed by atoms with Crippen LogP contribution in [0.2, 0.25) is 0 Å². The number of rotatable bonds is 7. The maximum absolute atomic E-state index is 5.00. The Bertz CT molecular complexity index is 301. The van der Waals surface area contributed by atoms with Gasteiger partial charge in [-0.3, -0.25) is 0 Å². The van der Waals surface area contributed by atoms with Crippen LogP contribution >= 0.6 is 0 Å². The van der Waals surface area contributed by atoms with E-state index in [9.17, 15) is 0 Å². The zero-order valence-corrected chi connectivity index (χ0v) is 10.6. The fourth-order valence-corrected chi connectivity index (χ4v) is 2.33. The van der Waals surface area contributed by atoms with Crippen molar-refractivity contribution >= 4 is 0 Å². The van der Waals surface area contributed by atoms with Gasteiger partial charge in [0.2, 0.25) is 5.89 Å². The van der Waals surface area contributed by atoms with Crippen LogP contribution in [0.5, 0.6) is 0 Å². The predicted octanol–water partition coefficient (Wildman–Crippen LogP) is 0.934. The molecule has 0 aliphatic carbocycles. The average molecular weight is 238 g/mol. The molecule has 0 amide bonds. The first-order valence-corrected chi connectivity index (χ1v) is 6.57. The molecule has 0 saturated carbocycles. The molecular weight excluding hydrogens is 216 g/mol. The lowest BCUT2D eigenvalue weighted by molar-refractivity contribution is 0.301. The van der Waals surface area contributed by atoms with E-state index in [4.69, 9.17) is 4.52 Å². The van der Waals surface area contributed by atoms with Crippen molar-refractivity contribution in [3.63, 3.8) is 0 Å². The molecule has 1 aliphatic rings. The van der Waals surface area contributed by atoms with Crippen LogP contribution < -0.4 is 5.32 Å². The largest absolute Gasteiger partial charge is 0.340 e. The lowest BCUT2D eigenvalue weighted by Crippen LogP contribution is -2.28. The van der Waals surface area contributed by atoms with E-state index in [2.05, 4.69) is 27.3 Å². The fourth-order valence-electron chi connectivity index (χ4n) is 2.33. The van der Waals surface area contributed by atoms with E-state index in [-0.39, 0.29) is 0 Å². The molecule has 0 spiro atoms. The number of nitrogens with one attached hydrogen (secondary N) is 1. The van der Waals surface area contributed by atoms with Crippen molar-refractivity contribution < 1.29 is 4.52 Å². The van der Waals surface area contributed by atoms with Crippen LogP contribution in [0, 0.1) is 5.92 Å². The van der Waals surface area contributed by atoms with Gasteiger partial charge < -0.3 is 14.7 Å². The normalized spacial score (nSPS) is 21.1. The van der Waals surface area contributed by atoms with Gasteiger partial charge in [-0.2, -0.15) is 4.98 Å². The van der Waals surface area contributed by atoms with Gasteiger partial charge in [-0.05, 0) is 38.4 Å². The van der Waals surface area contributed by atoms with E-state index in [0.717, 1.165) is 37.9 Å². The van der Waals surface area contributed by atoms with Gasteiger partial charge in [0.05, 0.1) is 0 Å². The van der Waals surface area contributed by atoms with Crippen LogP contribution in [0.15, 0.2) is 10.9 Å². The number of likely N-dealkylation sites (tertiary alicyclic amines) is 1. The molecule has 0 radical (unpaired) electrons. The summed E-state index contributed by atoms with van der Waals surface area (Å²) in [7, 11) is 0. The lowest BCUT2D eigenvalue weighted by Gasteiger charge is -2.15. The predicted molar refractivity (Wildman–Crippen MR) is 65.7 cm³/mol. The van der Waals surface area contributed by atoms with Crippen LogP contribution in [0.3, 0.4) is 0 Å². The standard InChI is InChI=1S/C12H22N4O/c1-2-5-13-8-11-3-6-16(9-11)7-4-12-14-10-15-17-12/h10-11,13H,2-9H2,1H3. The molecule has 2 heterocycles. The minimum Gasteiger partial charge on any atom is -0.340 e. The van der Waals surface area contributed by atoms with E-state index in [1.807, 2.05) is 0 Å². The molecule has 0 bridgehead atoms. The smallest absolute Gasteiger partial charge is 0.227 e. The van der Waals surface area contributed by atoms with Crippen LogP contribution in [-0.2, 0) is 6.42 Å². The van der Waals surface area contributed by atoms with Gasteiger partial charge in [-0.1, -0.05) is 12.1 Å². The molecule has 1 unspecified atom stereocenters. The molecule has 1 saturated heterocycles. The maximum atomic E-state index is 5.00. The van der Waals surface area contributed by atoms with Gasteiger partial charge in [0.25, 0.3) is 0 Å². The summed E-state index contributed by atoms with van der Waals surface area (Å²) in [6.07, 6.45) is 4.86. The third kappa shape index (κ3) is 4.09. The molecule has 1 aliphatic heterocycles. The van der Waals surface area contributed by atoms with E-state index in [0.29, 0.717) is 0 Å². The molecule has 1 fully saturated rings. The summed E-state index contributed by atoms with van der Waals surface area (Å²) >= 11 is 0. The van der Waals surface area contributed by atoms with Gasteiger partial charge in [0.1, 0.15) is 0 Å². The second kappa shape index (κ2) is 6.71. The van der Waals surface area contributed by atoms with Crippen molar-refractivity contribution in [3.8, 4) is 0 Å². The first-order chi connectivity index (χ1) is 8.38. The Morgan fingerprint density at radius 1 is 1.59 bits per heavy atom. The van der Waals surface area contributed by atoms with Crippen molar-refractivity contribution in [2.24, 2.45) is 5.92 Å². The van der Waals surface area contributed by atoms with Gasteiger partial charge >= 0.3 is 0 Å². The Balaban J connectivity index is 1.61. The Hall–Kier alpha value is -0.940. The van der Waals surface area contributed by atoms with Gasteiger partial charge in [0, 0.05) is 19.5 Å². The summed E-state index contributed by atoms with van der Waals surface area (Å²) < 4.78 is 5.00. The Morgan fingerprint density at radius 3 is 3.29 bits per heavy atom. The number of hydrogen-bond acceptors (Lipinski definition) is 5. The van der Waals surface area contributed by atoms with Crippen LogP contribution in [-0.4, -0.2) is 47.8 Å². The molecule has 1 N–H and O–H groups in total. The summed E-state index contributed by atoms with van der Waals surface area (Å²) in [6, 6.07) is 0. The summed E-state index contributed by atoms with van der Waals surface area (Å²) in [5.41, 5.74) is 0. The highest BCUT2D eigenvalue weighted by atomic mass is 16.5. The van der Waals surface area contributed by atoms with Crippen LogP contribution in [0.25, 0.3) is 0 Å². The topological polar surface area (TPSA) is 54.2 Å². The number of nitrogens with zero attached hydrogens (tertiary/aromatic N) is 3. The molecular formula is C12H22N4O. The zero-order chi connectivity index (χ0) is 11.9. The molecule has 5 nitrogen and oxygen atoms in total. The van der Waals surface area contributed by atoms with E-state index < -0.39 is 0 Å². The maximum Gasteiger partial charge on any atom is 0.227 e. The lowest BCUT2D eigenvalue weighted by atomic mass is 10.1. The van der Waals surface area contributed by atoms with Crippen molar-refractivity contribution in [2.75, 3.05) is 32.7 Å². The quantitative estimate of drug-likeness (QED) is 0.716. The van der Waals surface area contributed by atoms with E-state index in [1.165, 1.54) is 32.3 Å². The fraction of sp³-hybridized carbons (Fsp3) is 0.833. The summed E-state index contributed by atoms with van der Waals surface area (Å²) in [5, 5.41) is 7.12. The third-order valence-electron chi connectivity index (χ3n) is 3.28. The highest BCUT2D eigenvalue weighted by molar-refractivity contribution is 4.81. The van der Waals surface area contributed by atoms with Crippen LogP contribution in [0.4, 0.5) is 0 Å². The summed E-state index contributed by atoms with van der Waals surface area (Å²) in [6.45, 7) is 7.94. The molecule has 96 valence electrons. The molecule has 1 aromatic rings. The Morgan fingerprint density at radius 2 is 2.53 bits per heavy atom. The highest BCUT2D eigenvalue weighted by Crippen LogP contribution is 2.15. The Kier molecular flexibility index (Phi) is 4.94. The van der Waals surface area contributed by atoms with Crippen molar-refractivity contribution in [1.29, 1.82) is 0 Å². The first-order valence-electron chi connectivity index (χ1n) is 6.57. The number of hydrogen-bond donors (Lipinski definition) is 1. The second-order valence-corrected chi connectivity index (χ2v) is 4.74. The Labute approximate surface area is 103 Å². The molecule has 2 rings (SSSR count). The SMILES string of the molecule is CCCNCC1CCN(CCc2ncno2)C1. The van der Waals surface area contributed by atoms with Crippen LogP contribution in [0.1, 0.15) is 25.7 Å².